The molecule has 1 fully saturated rings. The molecule has 2 aromatic heterocycles. The van der Waals surface area contributed by atoms with Crippen LogP contribution in [0.4, 0.5) is 10.6 Å². The van der Waals surface area contributed by atoms with Crippen LogP contribution in [0.5, 0.6) is 0 Å². The summed E-state index contributed by atoms with van der Waals surface area (Å²) in [6.07, 6.45) is 3.77. The molecule has 0 aliphatic carbocycles. The molecule has 1 atom stereocenters. The van der Waals surface area contributed by atoms with Gasteiger partial charge in [0.25, 0.3) is 0 Å². The number of aromatic nitrogens is 3. The lowest BCUT2D eigenvalue weighted by Crippen LogP contribution is -2.41. The van der Waals surface area contributed by atoms with Gasteiger partial charge in [0.05, 0.1) is 11.9 Å². The highest BCUT2D eigenvalue weighted by Crippen LogP contribution is 2.14. The largest absolute Gasteiger partial charge is 0.345 e. The Morgan fingerprint density at radius 2 is 2.35 bits per heavy atom. The van der Waals surface area contributed by atoms with E-state index >= 15 is 0 Å². The number of fused-ring (bicyclic) bond motifs is 1. The van der Waals surface area contributed by atoms with Crippen molar-refractivity contribution in [2.24, 2.45) is 0 Å². The van der Waals surface area contributed by atoms with Crippen LogP contribution in [-0.4, -0.2) is 58.6 Å². The van der Waals surface area contributed by atoms with Crippen LogP contribution >= 0.6 is 0 Å². The van der Waals surface area contributed by atoms with Gasteiger partial charge in [-0.25, -0.2) is 23.2 Å². The molecule has 0 aromatic carbocycles. The first-order valence-electron chi connectivity index (χ1n) is 7.33. The quantitative estimate of drug-likeness (QED) is 0.750. The van der Waals surface area contributed by atoms with Gasteiger partial charge in [0.15, 0.2) is 11.5 Å². The number of anilines is 1. The highest BCUT2D eigenvalue weighted by molar-refractivity contribution is 7.89. The zero-order valence-electron chi connectivity index (χ0n) is 12.6. The molecule has 1 unspecified atom stereocenters. The molecule has 2 aromatic rings. The van der Waals surface area contributed by atoms with Crippen molar-refractivity contribution in [3.05, 3.63) is 18.5 Å². The van der Waals surface area contributed by atoms with Crippen LogP contribution in [-0.2, 0) is 10.0 Å². The maximum absolute atomic E-state index is 12.0. The summed E-state index contributed by atoms with van der Waals surface area (Å²) in [5, 5.41) is 5.38. The van der Waals surface area contributed by atoms with Crippen molar-refractivity contribution < 1.29 is 13.2 Å². The average molecular weight is 338 g/mol. The fourth-order valence-electron chi connectivity index (χ4n) is 2.51. The van der Waals surface area contributed by atoms with Gasteiger partial charge in [-0.05, 0) is 19.4 Å². The summed E-state index contributed by atoms with van der Waals surface area (Å²) in [5.74, 6) is 0.406. The summed E-state index contributed by atoms with van der Waals surface area (Å²) in [7, 11) is -3.21. The third kappa shape index (κ3) is 3.42. The molecular weight excluding hydrogens is 320 g/mol. The number of hydrogen-bond acceptors (Lipinski definition) is 5. The molecule has 23 heavy (non-hydrogen) atoms. The second-order valence-electron chi connectivity index (χ2n) is 5.31. The average Bonchev–Trinajstić information content (AvgIpc) is 3.15. The van der Waals surface area contributed by atoms with Crippen molar-refractivity contribution in [2.75, 3.05) is 24.2 Å². The minimum Gasteiger partial charge on any atom is -0.345 e. The Balaban J connectivity index is 1.57. The summed E-state index contributed by atoms with van der Waals surface area (Å²) in [5.41, 5.74) is 1.30. The summed E-state index contributed by atoms with van der Waals surface area (Å²) in [6.45, 7) is 2.33. The van der Waals surface area contributed by atoms with E-state index in [2.05, 4.69) is 25.6 Å². The summed E-state index contributed by atoms with van der Waals surface area (Å²) >= 11 is 0. The topological polar surface area (TPSA) is 120 Å². The number of nitrogens with zero attached hydrogens (tertiary/aromatic N) is 3. The Kier molecular flexibility index (Phi) is 4.18. The third-order valence-corrected chi connectivity index (χ3v) is 5.59. The zero-order valence-corrected chi connectivity index (χ0v) is 13.4. The fraction of sp³-hybridized carbons (Fsp3) is 0.462. The minimum atomic E-state index is -3.21. The highest BCUT2D eigenvalue weighted by Gasteiger charge is 2.30. The first-order valence-corrected chi connectivity index (χ1v) is 8.94. The standard InChI is InChI=1S/C13H18N6O3S/c1-2-23(21,22)19-6-4-9(8-19)16-13(20)18-11-7-15-12-10(17-11)3-5-14-12/h3,5,7,9H,2,4,6,8H2,1H3,(H,14,15)(H2,16,17,18,20). The van der Waals surface area contributed by atoms with Crippen molar-refractivity contribution in [1.29, 1.82) is 0 Å². The number of rotatable bonds is 4. The van der Waals surface area contributed by atoms with E-state index in [-0.39, 0.29) is 11.8 Å². The summed E-state index contributed by atoms with van der Waals surface area (Å²) in [4.78, 5) is 23.3. The molecule has 3 N–H and O–H groups in total. The lowest BCUT2D eigenvalue weighted by Gasteiger charge is -2.16. The number of carbonyl (C=O) groups excluding carboxylic acids is 1. The number of amides is 2. The Morgan fingerprint density at radius 3 is 3.13 bits per heavy atom. The van der Waals surface area contributed by atoms with Crippen molar-refractivity contribution >= 4 is 33.0 Å². The number of aromatic amines is 1. The highest BCUT2D eigenvalue weighted by atomic mass is 32.2. The fourth-order valence-corrected chi connectivity index (χ4v) is 3.67. The van der Waals surface area contributed by atoms with Crippen molar-refractivity contribution in [3.63, 3.8) is 0 Å². The van der Waals surface area contributed by atoms with Crippen LogP contribution in [0.25, 0.3) is 11.2 Å². The normalized spacial score (nSPS) is 19.1. The van der Waals surface area contributed by atoms with Crippen LogP contribution in [0.1, 0.15) is 13.3 Å². The van der Waals surface area contributed by atoms with Gasteiger partial charge >= 0.3 is 6.03 Å². The SMILES string of the molecule is CCS(=O)(=O)N1CCC(NC(=O)Nc2cnc3[nH]ccc3n2)C1. The zero-order chi connectivity index (χ0) is 16.4. The van der Waals surface area contributed by atoms with Crippen LogP contribution in [0.2, 0.25) is 0 Å². The Labute approximate surface area is 133 Å². The molecule has 0 saturated carbocycles. The van der Waals surface area contributed by atoms with Crippen LogP contribution in [0.3, 0.4) is 0 Å². The molecule has 1 saturated heterocycles. The number of sulfonamides is 1. The van der Waals surface area contributed by atoms with Gasteiger partial charge in [-0.3, -0.25) is 5.32 Å². The molecular formula is C13H18N6O3S. The molecule has 1 aliphatic rings. The van der Waals surface area contributed by atoms with Gasteiger partial charge in [0, 0.05) is 25.3 Å². The second kappa shape index (κ2) is 6.13. The number of urea groups is 1. The maximum Gasteiger partial charge on any atom is 0.320 e. The van der Waals surface area contributed by atoms with E-state index in [4.69, 9.17) is 0 Å². The van der Waals surface area contributed by atoms with Gasteiger partial charge in [-0.1, -0.05) is 0 Å². The van der Waals surface area contributed by atoms with E-state index in [9.17, 15) is 13.2 Å². The summed E-state index contributed by atoms with van der Waals surface area (Å²) in [6, 6.07) is 1.13. The lowest BCUT2D eigenvalue weighted by molar-refractivity contribution is 0.248. The van der Waals surface area contributed by atoms with Crippen LogP contribution in [0, 0.1) is 0 Å². The predicted molar refractivity (Wildman–Crippen MR) is 85.5 cm³/mol. The van der Waals surface area contributed by atoms with Gasteiger partial charge in [-0.15, -0.1) is 0 Å². The Hall–Kier alpha value is -2.20. The van der Waals surface area contributed by atoms with E-state index in [1.54, 1.807) is 19.2 Å². The summed E-state index contributed by atoms with van der Waals surface area (Å²) < 4.78 is 25.0. The van der Waals surface area contributed by atoms with Gasteiger partial charge < -0.3 is 10.3 Å². The van der Waals surface area contributed by atoms with Crippen molar-refractivity contribution in [1.82, 2.24) is 24.6 Å². The number of H-pyrrole nitrogens is 1. The van der Waals surface area contributed by atoms with Crippen molar-refractivity contribution in [3.8, 4) is 0 Å². The molecule has 10 heteroatoms. The van der Waals surface area contributed by atoms with E-state index in [0.717, 1.165) is 0 Å². The van der Waals surface area contributed by atoms with E-state index in [1.165, 1.54) is 10.5 Å². The number of nitrogens with one attached hydrogen (secondary N) is 3. The molecule has 3 rings (SSSR count). The molecule has 0 spiro atoms. The second-order valence-corrected chi connectivity index (χ2v) is 7.57. The van der Waals surface area contributed by atoms with Gasteiger partial charge in [0.1, 0.15) is 5.52 Å². The monoisotopic (exact) mass is 338 g/mol. The maximum atomic E-state index is 12.0. The molecule has 0 radical (unpaired) electrons. The number of carbonyl (C=O) groups is 1. The molecule has 124 valence electrons. The first-order chi connectivity index (χ1) is 11.0. The van der Waals surface area contributed by atoms with E-state index < -0.39 is 16.1 Å². The third-order valence-electron chi connectivity index (χ3n) is 3.75. The number of hydrogen-bond donors (Lipinski definition) is 3. The lowest BCUT2D eigenvalue weighted by atomic mass is 10.3. The molecule has 9 nitrogen and oxygen atoms in total. The smallest absolute Gasteiger partial charge is 0.320 e. The molecule has 0 bridgehead atoms. The molecule has 2 amide bonds. The minimum absolute atomic E-state index is 0.0676. The predicted octanol–water partition coefficient (Wildman–Crippen LogP) is 0.503. The first kappa shape index (κ1) is 15.7. The Morgan fingerprint density at radius 1 is 1.52 bits per heavy atom. The van der Waals surface area contributed by atoms with E-state index in [1.807, 2.05) is 0 Å². The van der Waals surface area contributed by atoms with Crippen LogP contribution in [0.15, 0.2) is 18.5 Å². The van der Waals surface area contributed by atoms with Crippen molar-refractivity contribution in [2.45, 2.75) is 19.4 Å². The Bertz CT molecular complexity index is 818. The van der Waals surface area contributed by atoms with Gasteiger partial charge in [0.2, 0.25) is 10.0 Å². The molecule has 3 heterocycles. The van der Waals surface area contributed by atoms with Gasteiger partial charge in [-0.2, -0.15) is 4.31 Å². The van der Waals surface area contributed by atoms with E-state index in [0.29, 0.717) is 36.5 Å². The van der Waals surface area contributed by atoms with Crippen LogP contribution < -0.4 is 10.6 Å². The molecule has 1 aliphatic heterocycles.